The maximum atomic E-state index is 12.0. The van der Waals surface area contributed by atoms with Crippen LogP contribution >= 0.6 is 15.9 Å². The van der Waals surface area contributed by atoms with Crippen molar-refractivity contribution >= 4 is 55.2 Å². The standard InChI is InChI=1S/C20H22BrN3O4S/c1-14-3-7-16(21)13-18(14)23-20(26)11-12-22-19(25)10-6-15-4-8-17(9-5-15)24-29(2,27)28/h3-10,13,24H,11-12H2,1-2H3,(H,22,25)(H,23,26)/b10-6+. The van der Waals surface area contributed by atoms with Crippen LogP contribution in [0.2, 0.25) is 0 Å². The van der Waals surface area contributed by atoms with Crippen molar-refractivity contribution in [1.82, 2.24) is 5.32 Å². The van der Waals surface area contributed by atoms with Crippen LogP contribution in [0.15, 0.2) is 53.0 Å². The Bertz CT molecular complexity index is 1020. The third-order valence-electron chi connectivity index (χ3n) is 3.77. The number of rotatable bonds is 8. The summed E-state index contributed by atoms with van der Waals surface area (Å²) in [6.45, 7) is 2.11. The van der Waals surface area contributed by atoms with Crippen LogP contribution in [0, 0.1) is 6.92 Å². The highest BCUT2D eigenvalue weighted by atomic mass is 79.9. The van der Waals surface area contributed by atoms with Crippen LogP contribution in [-0.2, 0) is 19.6 Å². The number of carbonyl (C=O) groups is 2. The Morgan fingerprint density at radius 2 is 1.79 bits per heavy atom. The van der Waals surface area contributed by atoms with Crippen LogP contribution in [0.1, 0.15) is 17.5 Å². The van der Waals surface area contributed by atoms with Crippen LogP contribution in [0.5, 0.6) is 0 Å². The van der Waals surface area contributed by atoms with Crippen LogP contribution in [-0.4, -0.2) is 33.0 Å². The van der Waals surface area contributed by atoms with Gasteiger partial charge in [0.1, 0.15) is 0 Å². The number of hydrogen-bond acceptors (Lipinski definition) is 4. The summed E-state index contributed by atoms with van der Waals surface area (Å²) in [6, 6.07) is 12.2. The SMILES string of the molecule is Cc1ccc(Br)cc1NC(=O)CCNC(=O)/C=C/c1ccc(NS(C)(=O)=O)cc1. The molecule has 3 N–H and O–H groups in total. The lowest BCUT2D eigenvalue weighted by Gasteiger charge is -2.09. The number of sulfonamides is 1. The summed E-state index contributed by atoms with van der Waals surface area (Å²) >= 11 is 3.36. The zero-order valence-electron chi connectivity index (χ0n) is 16.0. The molecular weight excluding hydrogens is 458 g/mol. The van der Waals surface area contributed by atoms with E-state index in [0.717, 1.165) is 27.5 Å². The normalized spacial score (nSPS) is 11.3. The molecule has 7 nitrogen and oxygen atoms in total. The van der Waals surface area contributed by atoms with Gasteiger partial charge in [0, 0.05) is 34.9 Å². The molecule has 0 aromatic heterocycles. The van der Waals surface area contributed by atoms with Gasteiger partial charge in [-0.15, -0.1) is 0 Å². The van der Waals surface area contributed by atoms with Gasteiger partial charge in [0.05, 0.1) is 6.26 Å². The van der Waals surface area contributed by atoms with Crippen molar-refractivity contribution in [3.63, 3.8) is 0 Å². The zero-order chi connectivity index (χ0) is 21.4. The van der Waals surface area contributed by atoms with Gasteiger partial charge in [-0.1, -0.05) is 34.1 Å². The van der Waals surface area contributed by atoms with Crippen molar-refractivity contribution in [3.8, 4) is 0 Å². The van der Waals surface area contributed by atoms with Gasteiger partial charge >= 0.3 is 0 Å². The van der Waals surface area contributed by atoms with Gasteiger partial charge < -0.3 is 10.6 Å². The summed E-state index contributed by atoms with van der Waals surface area (Å²) in [5.41, 5.74) is 2.86. The zero-order valence-corrected chi connectivity index (χ0v) is 18.4. The fourth-order valence-electron chi connectivity index (χ4n) is 2.35. The Balaban J connectivity index is 1.77. The molecule has 0 aliphatic carbocycles. The summed E-state index contributed by atoms with van der Waals surface area (Å²) in [6.07, 6.45) is 4.18. The third-order valence-corrected chi connectivity index (χ3v) is 4.87. The van der Waals surface area contributed by atoms with Gasteiger partial charge in [0.15, 0.2) is 0 Å². The second kappa shape index (κ2) is 10.2. The number of amides is 2. The molecule has 154 valence electrons. The minimum Gasteiger partial charge on any atom is -0.352 e. The number of halogens is 1. The lowest BCUT2D eigenvalue weighted by Crippen LogP contribution is -2.26. The summed E-state index contributed by atoms with van der Waals surface area (Å²) in [4.78, 5) is 23.9. The predicted octanol–water partition coefficient (Wildman–Crippen LogP) is 3.29. The molecule has 0 bridgehead atoms. The van der Waals surface area contributed by atoms with E-state index in [-0.39, 0.29) is 24.8 Å². The monoisotopic (exact) mass is 479 g/mol. The second-order valence-electron chi connectivity index (χ2n) is 6.38. The number of benzene rings is 2. The highest BCUT2D eigenvalue weighted by Crippen LogP contribution is 2.20. The molecule has 0 aliphatic rings. The molecule has 0 radical (unpaired) electrons. The van der Waals surface area contributed by atoms with Crippen molar-refractivity contribution in [2.45, 2.75) is 13.3 Å². The number of hydrogen-bond donors (Lipinski definition) is 3. The van der Waals surface area contributed by atoms with Crippen molar-refractivity contribution < 1.29 is 18.0 Å². The molecule has 0 aliphatic heterocycles. The average Bonchev–Trinajstić information content (AvgIpc) is 2.63. The summed E-state index contributed by atoms with van der Waals surface area (Å²) in [5, 5.41) is 5.47. The molecule has 29 heavy (non-hydrogen) atoms. The van der Waals surface area contributed by atoms with E-state index in [1.54, 1.807) is 30.3 Å². The van der Waals surface area contributed by atoms with Crippen molar-refractivity contribution in [1.29, 1.82) is 0 Å². The quantitative estimate of drug-likeness (QED) is 0.505. The van der Waals surface area contributed by atoms with Crippen LogP contribution in [0.4, 0.5) is 11.4 Å². The summed E-state index contributed by atoms with van der Waals surface area (Å²) in [7, 11) is -3.32. The van der Waals surface area contributed by atoms with E-state index in [9.17, 15) is 18.0 Å². The van der Waals surface area contributed by atoms with Gasteiger partial charge in [-0.2, -0.15) is 0 Å². The first-order valence-corrected chi connectivity index (χ1v) is 11.4. The third kappa shape index (κ3) is 8.49. The first-order chi connectivity index (χ1) is 13.6. The van der Waals surface area contributed by atoms with Gasteiger partial charge in [0.2, 0.25) is 21.8 Å². The molecule has 0 atom stereocenters. The topological polar surface area (TPSA) is 104 Å². The first-order valence-electron chi connectivity index (χ1n) is 8.72. The molecule has 0 saturated carbocycles. The van der Waals surface area contributed by atoms with E-state index in [1.165, 1.54) is 6.08 Å². The number of aryl methyl sites for hydroxylation is 1. The molecule has 0 fully saturated rings. The Hall–Kier alpha value is -2.65. The highest BCUT2D eigenvalue weighted by Gasteiger charge is 2.06. The second-order valence-corrected chi connectivity index (χ2v) is 9.04. The van der Waals surface area contributed by atoms with Gasteiger partial charge in [0.25, 0.3) is 0 Å². The molecule has 0 saturated heterocycles. The molecule has 0 spiro atoms. The fraction of sp³-hybridized carbons (Fsp3) is 0.200. The minimum atomic E-state index is -3.32. The fourth-order valence-corrected chi connectivity index (χ4v) is 3.27. The van der Waals surface area contributed by atoms with Crippen LogP contribution in [0.3, 0.4) is 0 Å². The molecular formula is C20H22BrN3O4S. The van der Waals surface area contributed by atoms with E-state index >= 15 is 0 Å². The Morgan fingerprint density at radius 1 is 1.10 bits per heavy atom. The van der Waals surface area contributed by atoms with Gasteiger partial charge in [-0.25, -0.2) is 8.42 Å². The van der Waals surface area contributed by atoms with Crippen LogP contribution < -0.4 is 15.4 Å². The summed E-state index contributed by atoms with van der Waals surface area (Å²) in [5.74, 6) is -0.515. The maximum Gasteiger partial charge on any atom is 0.244 e. The van der Waals surface area contributed by atoms with E-state index in [0.29, 0.717) is 5.69 Å². The molecule has 2 amide bonds. The van der Waals surface area contributed by atoms with E-state index in [1.807, 2.05) is 25.1 Å². The number of nitrogens with one attached hydrogen (secondary N) is 3. The largest absolute Gasteiger partial charge is 0.352 e. The smallest absolute Gasteiger partial charge is 0.244 e. The number of anilines is 2. The molecule has 2 aromatic carbocycles. The lowest BCUT2D eigenvalue weighted by atomic mass is 10.2. The lowest BCUT2D eigenvalue weighted by molar-refractivity contribution is -0.117. The molecule has 2 rings (SSSR count). The molecule has 0 heterocycles. The van der Waals surface area contributed by atoms with Crippen molar-refractivity contribution in [2.75, 3.05) is 22.8 Å². The molecule has 0 unspecified atom stereocenters. The van der Waals surface area contributed by atoms with Gasteiger partial charge in [-0.05, 0) is 48.4 Å². The Morgan fingerprint density at radius 3 is 2.45 bits per heavy atom. The first kappa shape index (κ1) is 22.6. The molecule has 9 heteroatoms. The number of carbonyl (C=O) groups excluding carboxylic acids is 2. The van der Waals surface area contributed by atoms with Crippen molar-refractivity contribution in [3.05, 3.63) is 64.1 Å². The Labute approximate surface area is 178 Å². The maximum absolute atomic E-state index is 12.0. The Kier molecular flexibility index (Phi) is 7.98. The predicted molar refractivity (Wildman–Crippen MR) is 119 cm³/mol. The van der Waals surface area contributed by atoms with E-state index in [2.05, 4.69) is 31.3 Å². The van der Waals surface area contributed by atoms with Crippen LogP contribution in [0.25, 0.3) is 6.08 Å². The molecule has 2 aromatic rings. The minimum absolute atomic E-state index is 0.150. The van der Waals surface area contributed by atoms with Crippen molar-refractivity contribution in [2.24, 2.45) is 0 Å². The highest BCUT2D eigenvalue weighted by molar-refractivity contribution is 9.10. The average molecular weight is 480 g/mol. The van der Waals surface area contributed by atoms with Gasteiger partial charge in [-0.3, -0.25) is 14.3 Å². The summed E-state index contributed by atoms with van der Waals surface area (Å²) < 4.78 is 25.6. The van der Waals surface area contributed by atoms with E-state index in [4.69, 9.17) is 0 Å². The van der Waals surface area contributed by atoms with E-state index < -0.39 is 10.0 Å².